The number of benzene rings is 1. The van der Waals surface area contributed by atoms with Crippen molar-refractivity contribution in [3.8, 4) is 22.4 Å². The molecule has 1 saturated heterocycles. The van der Waals surface area contributed by atoms with Gasteiger partial charge in [-0.3, -0.25) is 24.4 Å². The van der Waals surface area contributed by atoms with Gasteiger partial charge in [-0.25, -0.2) is 0 Å². The number of carbonyl (C=O) groups excluding carboxylic acids is 3. The molecule has 0 saturated carbocycles. The number of imide groups is 1. The van der Waals surface area contributed by atoms with Crippen LogP contribution in [0.15, 0.2) is 35.2 Å². The van der Waals surface area contributed by atoms with Gasteiger partial charge in [0.2, 0.25) is 11.8 Å². The van der Waals surface area contributed by atoms with E-state index < -0.39 is 11.9 Å². The van der Waals surface area contributed by atoms with Gasteiger partial charge in [0, 0.05) is 31.1 Å². The first-order valence-corrected chi connectivity index (χ1v) is 9.65. The Morgan fingerprint density at radius 1 is 1.17 bits per heavy atom. The average Bonchev–Trinajstić information content (AvgIpc) is 3.39. The molecule has 9 nitrogen and oxygen atoms in total. The second kappa shape index (κ2) is 6.65. The SMILES string of the molecule is Cc1nocc1-c1c(-c2ccc3c(c2)CN([C@H]2CCC(=O)NC2=O)C3=O)cnn1C. The number of piperidine rings is 1. The number of nitrogens with one attached hydrogen (secondary N) is 1. The van der Waals surface area contributed by atoms with E-state index in [-0.39, 0.29) is 18.2 Å². The number of fused-ring (bicyclic) bond motifs is 1. The van der Waals surface area contributed by atoms with Gasteiger partial charge in [0.1, 0.15) is 12.3 Å². The molecule has 3 aromatic rings. The van der Waals surface area contributed by atoms with E-state index in [4.69, 9.17) is 4.52 Å². The van der Waals surface area contributed by atoms with Crippen molar-refractivity contribution < 1.29 is 18.9 Å². The maximum absolute atomic E-state index is 12.9. The van der Waals surface area contributed by atoms with Crippen LogP contribution in [0.3, 0.4) is 0 Å². The fraction of sp³-hybridized carbons (Fsp3) is 0.286. The van der Waals surface area contributed by atoms with Crippen LogP contribution in [0.2, 0.25) is 0 Å². The Morgan fingerprint density at radius 3 is 2.73 bits per heavy atom. The van der Waals surface area contributed by atoms with Crippen LogP contribution in [0.25, 0.3) is 22.4 Å². The second-order valence-corrected chi connectivity index (χ2v) is 7.62. The van der Waals surface area contributed by atoms with Crippen LogP contribution < -0.4 is 5.32 Å². The quantitative estimate of drug-likeness (QED) is 0.666. The first kappa shape index (κ1) is 18.3. The van der Waals surface area contributed by atoms with Gasteiger partial charge in [0.15, 0.2) is 0 Å². The molecule has 3 amide bonds. The molecule has 1 atom stereocenters. The Balaban J connectivity index is 1.50. The highest BCUT2D eigenvalue weighted by atomic mass is 16.5. The highest BCUT2D eigenvalue weighted by Gasteiger charge is 2.39. The summed E-state index contributed by atoms with van der Waals surface area (Å²) in [4.78, 5) is 38.1. The van der Waals surface area contributed by atoms with Crippen molar-refractivity contribution in [2.75, 3.05) is 0 Å². The molecule has 4 heterocycles. The van der Waals surface area contributed by atoms with Crippen molar-refractivity contribution in [3.05, 3.63) is 47.5 Å². The minimum Gasteiger partial charge on any atom is -0.364 e. The van der Waals surface area contributed by atoms with Gasteiger partial charge in [0.05, 0.1) is 23.1 Å². The molecule has 0 unspecified atom stereocenters. The second-order valence-electron chi connectivity index (χ2n) is 7.62. The Bertz CT molecular complexity index is 1210. The van der Waals surface area contributed by atoms with Gasteiger partial charge >= 0.3 is 0 Å². The van der Waals surface area contributed by atoms with Crippen molar-refractivity contribution >= 4 is 17.7 Å². The third-order valence-corrected chi connectivity index (χ3v) is 5.78. The molecule has 9 heteroatoms. The zero-order valence-corrected chi connectivity index (χ0v) is 16.5. The summed E-state index contributed by atoms with van der Waals surface area (Å²) in [5, 5.41) is 10.7. The lowest BCUT2D eigenvalue weighted by Crippen LogP contribution is -2.52. The Hall–Kier alpha value is -3.75. The minimum absolute atomic E-state index is 0.188. The van der Waals surface area contributed by atoms with E-state index in [1.54, 1.807) is 28.1 Å². The third-order valence-electron chi connectivity index (χ3n) is 5.78. The largest absolute Gasteiger partial charge is 0.364 e. The molecular weight excluding hydrogens is 386 g/mol. The maximum Gasteiger partial charge on any atom is 0.255 e. The molecule has 2 aromatic heterocycles. The van der Waals surface area contributed by atoms with Gasteiger partial charge in [-0.1, -0.05) is 11.2 Å². The molecule has 0 aliphatic carbocycles. The molecule has 5 rings (SSSR count). The fourth-order valence-electron chi connectivity index (χ4n) is 4.23. The van der Waals surface area contributed by atoms with Crippen LogP contribution in [0.1, 0.15) is 34.5 Å². The molecule has 1 fully saturated rings. The topological polar surface area (TPSA) is 110 Å². The van der Waals surface area contributed by atoms with E-state index in [1.165, 1.54) is 0 Å². The molecule has 0 spiro atoms. The monoisotopic (exact) mass is 405 g/mol. The standard InChI is InChI=1S/C21H19N5O4/c1-11-16(10-30-24-11)19-15(8-22-25(19)2)12-3-4-14-13(7-12)9-26(21(14)29)17-5-6-18(27)23-20(17)28/h3-4,7-8,10,17H,5-6,9H2,1-2H3,(H,23,27,28)/t17-/m0/s1. The van der Waals surface area contributed by atoms with Crippen LogP contribution in [0, 0.1) is 6.92 Å². The number of hydrogen-bond acceptors (Lipinski definition) is 6. The summed E-state index contributed by atoms with van der Waals surface area (Å²) in [5.41, 5.74) is 5.73. The molecular formula is C21H19N5O4. The molecule has 30 heavy (non-hydrogen) atoms. The molecule has 1 N–H and O–H groups in total. The lowest BCUT2D eigenvalue weighted by molar-refractivity contribution is -0.136. The van der Waals surface area contributed by atoms with E-state index in [1.807, 2.05) is 26.1 Å². The Labute approximate surface area is 171 Å². The van der Waals surface area contributed by atoms with Crippen LogP contribution in [0.5, 0.6) is 0 Å². The summed E-state index contributed by atoms with van der Waals surface area (Å²) in [5.74, 6) is -0.895. The van der Waals surface area contributed by atoms with E-state index in [2.05, 4.69) is 15.6 Å². The van der Waals surface area contributed by atoms with Crippen molar-refractivity contribution in [1.29, 1.82) is 0 Å². The molecule has 152 valence electrons. The van der Waals surface area contributed by atoms with Gasteiger partial charge < -0.3 is 9.42 Å². The summed E-state index contributed by atoms with van der Waals surface area (Å²) >= 11 is 0. The highest BCUT2D eigenvalue weighted by molar-refractivity contribution is 6.05. The number of aromatic nitrogens is 3. The lowest BCUT2D eigenvalue weighted by atomic mass is 9.98. The normalized spacial score (nSPS) is 18.7. The van der Waals surface area contributed by atoms with Crippen molar-refractivity contribution in [3.63, 3.8) is 0 Å². The summed E-state index contributed by atoms with van der Waals surface area (Å²) in [6.07, 6.45) is 3.95. The van der Waals surface area contributed by atoms with E-state index in [9.17, 15) is 14.4 Å². The summed E-state index contributed by atoms with van der Waals surface area (Å²) < 4.78 is 6.86. The van der Waals surface area contributed by atoms with Crippen molar-refractivity contribution in [1.82, 2.24) is 25.2 Å². The molecule has 2 aliphatic heterocycles. The fourth-order valence-corrected chi connectivity index (χ4v) is 4.23. The Morgan fingerprint density at radius 2 is 2.00 bits per heavy atom. The van der Waals surface area contributed by atoms with Gasteiger partial charge in [0.25, 0.3) is 5.91 Å². The van der Waals surface area contributed by atoms with Crippen molar-refractivity contribution in [2.45, 2.75) is 32.4 Å². The number of hydrogen-bond donors (Lipinski definition) is 1. The lowest BCUT2D eigenvalue weighted by Gasteiger charge is -2.29. The smallest absolute Gasteiger partial charge is 0.255 e. The molecule has 2 aliphatic rings. The van der Waals surface area contributed by atoms with Crippen LogP contribution >= 0.6 is 0 Å². The predicted molar refractivity (Wildman–Crippen MR) is 105 cm³/mol. The van der Waals surface area contributed by atoms with Gasteiger partial charge in [-0.15, -0.1) is 0 Å². The number of nitrogens with zero attached hydrogens (tertiary/aromatic N) is 4. The molecule has 0 radical (unpaired) electrons. The molecule has 0 bridgehead atoms. The molecule has 1 aromatic carbocycles. The zero-order valence-electron chi connectivity index (χ0n) is 16.5. The maximum atomic E-state index is 12.9. The van der Waals surface area contributed by atoms with Gasteiger partial charge in [-0.2, -0.15) is 5.10 Å². The van der Waals surface area contributed by atoms with Crippen LogP contribution in [-0.2, 0) is 23.2 Å². The Kier molecular flexibility index (Phi) is 4.05. The highest BCUT2D eigenvalue weighted by Crippen LogP contribution is 2.36. The number of carbonyl (C=O) groups is 3. The first-order chi connectivity index (χ1) is 14.4. The zero-order chi connectivity index (χ0) is 21.0. The number of rotatable bonds is 3. The summed E-state index contributed by atoms with van der Waals surface area (Å²) in [6, 6.07) is 5.01. The minimum atomic E-state index is -0.625. The summed E-state index contributed by atoms with van der Waals surface area (Å²) in [7, 11) is 1.85. The van der Waals surface area contributed by atoms with Gasteiger partial charge in [-0.05, 0) is 36.6 Å². The van der Waals surface area contributed by atoms with Crippen molar-refractivity contribution in [2.24, 2.45) is 7.05 Å². The van der Waals surface area contributed by atoms with E-state index >= 15 is 0 Å². The van der Waals surface area contributed by atoms with E-state index in [0.29, 0.717) is 18.5 Å². The predicted octanol–water partition coefficient (Wildman–Crippen LogP) is 1.81. The van der Waals surface area contributed by atoms with Crippen LogP contribution in [0.4, 0.5) is 0 Å². The summed E-state index contributed by atoms with van der Waals surface area (Å²) in [6.45, 7) is 2.20. The third kappa shape index (κ3) is 2.73. The van der Waals surface area contributed by atoms with Crippen LogP contribution in [-0.4, -0.2) is 43.6 Å². The number of aryl methyl sites for hydroxylation is 2. The average molecular weight is 405 g/mol. The first-order valence-electron chi connectivity index (χ1n) is 9.65. The van der Waals surface area contributed by atoms with E-state index in [0.717, 1.165) is 33.6 Å². The number of amides is 3.